The third kappa shape index (κ3) is 2.19. The van der Waals surface area contributed by atoms with Crippen molar-refractivity contribution in [2.75, 3.05) is 6.66 Å². The molecule has 0 spiro atoms. The zero-order valence-corrected chi connectivity index (χ0v) is 9.60. The number of benzene rings is 2. The average Bonchev–Trinajstić information content (AvgIpc) is 2.30. The van der Waals surface area contributed by atoms with Gasteiger partial charge in [0, 0.05) is 5.30 Å². The van der Waals surface area contributed by atoms with Gasteiger partial charge in [-0.1, -0.05) is 54.6 Å². The molecule has 0 saturated carbocycles. The molecular weight excluding hydrogens is 203 g/mol. The maximum atomic E-state index is 11.6. The van der Waals surface area contributed by atoms with Gasteiger partial charge in [0.15, 0.2) is 0 Å². The maximum Gasteiger partial charge on any atom is 0.101 e. The van der Waals surface area contributed by atoms with Gasteiger partial charge in [-0.2, -0.15) is 0 Å². The Kier molecular flexibility index (Phi) is 3.03. The van der Waals surface area contributed by atoms with Gasteiger partial charge >= 0.3 is 0 Å². The van der Waals surface area contributed by atoms with Crippen molar-refractivity contribution in [2.24, 2.45) is 0 Å². The molecule has 2 aromatic carbocycles. The van der Waals surface area contributed by atoms with Crippen LogP contribution in [-0.2, 0) is 4.57 Å². The van der Waals surface area contributed by atoms with Crippen molar-refractivity contribution >= 4 is 13.1 Å². The summed E-state index contributed by atoms with van der Waals surface area (Å²) in [5.41, 5.74) is 2.22. The molecule has 1 nitrogen and oxygen atoms in total. The van der Waals surface area contributed by atoms with Crippen LogP contribution in [0.15, 0.2) is 54.6 Å². The summed E-state index contributed by atoms with van der Waals surface area (Å²) in [5, 5.41) is 0.966. The second kappa shape index (κ2) is 4.46. The van der Waals surface area contributed by atoms with E-state index in [0.717, 1.165) is 16.4 Å². The van der Waals surface area contributed by atoms with Crippen LogP contribution in [0.25, 0.3) is 11.1 Å². The summed E-state index contributed by atoms with van der Waals surface area (Å²) < 4.78 is 11.6. The van der Waals surface area contributed by atoms with Gasteiger partial charge in [0.25, 0.3) is 0 Å². The van der Waals surface area contributed by atoms with Gasteiger partial charge in [-0.15, -0.1) is 0 Å². The first-order valence-electron chi connectivity index (χ1n) is 4.94. The molecule has 0 N–H and O–H groups in total. The first-order chi connectivity index (χ1) is 7.29. The van der Waals surface area contributed by atoms with Crippen LogP contribution in [0, 0.1) is 0 Å². The van der Waals surface area contributed by atoms with Crippen LogP contribution in [-0.4, -0.2) is 6.66 Å². The SMILES string of the molecule is C[PH](=O)c1ccccc1-c1ccccc1. The fourth-order valence-corrected chi connectivity index (χ4v) is 2.60. The third-order valence-corrected chi connectivity index (χ3v) is 3.59. The smallest absolute Gasteiger partial charge is 0.101 e. The Balaban J connectivity index is 2.58. The lowest BCUT2D eigenvalue weighted by molar-refractivity contribution is 0.596. The van der Waals surface area contributed by atoms with Crippen LogP contribution in [0.4, 0.5) is 0 Å². The molecule has 15 heavy (non-hydrogen) atoms. The average molecular weight is 216 g/mol. The largest absolute Gasteiger partial charge is 0.322 e. The normalized spacial score (nSPS) is 12.3. The summed E-state index contributed by atoms with van der Waals surface area (Å²) in [7, 11) is -1.64. The van der Waals surface area contributed by atoms with Crippen molar-refractivity contribution in [3.63, 3.8) is 0 Å². The first kappa shape index (κ1) is 10.2. The molecule has 0 fully saturated rings. The zero-order chi connectivity index (χ0) is 10.7. The Morgan fingerprint density at radius 3 is 2.13 bits per heavy atom. The minimum Gasteiger partial charge on any atom is -0.322 e. The predicted molar refractivity (Wildman–Crippen MR) is 66.4 cm³/mol. The predicted octanol–water partition coefficient (Wildman–Crippen LogP) is 3.17. The Labute approximate surface area is 90.6 Å². The molecule has 0 heterocycles. The van der Waals surface area contributed by atoms with Crippen LogP contribution >= 0.6 is 7.80 Å². The molecule has 0 aromatic heterocycles. The molecule has 0 radical (unpaired) electrons. The Hall–Kier alpha value is -1.33. The van der Waals surface area contributed by atoms with Gasteiger partial charge in [-0.05, 0) is 17.8 Å². The maximum absolute atomic E-state index is 11.6. The summed E-state index contributed by atoms with van der Waals surface area (Å²) in [5.74, 6) is 0. The van der Waals surface area contributed by atoms with E-state index in [9.17, 15) is 4.57 Å². The number of rotatable bonds is 2. The Morgan fingerprint density at radius 1 is 0.867 bits per heavy atom. The molecule has 0 aliphatic carbocycles. The van der Waals surface area contributed by atoms with Crippen molar-refractivity contribution in [3.05, 3.63) is 54.6 Å². The van der Waals surface area contributed by atoms with Crippen molar-refractivity contribution in [1.82, 2.24) is 0 Å². The highest BCUT2D eigenvalue weighted by Crippen LogP contribution is 2.24. The molecule has 2 rings (SSSR count). The molecule has 1 atom stereocenters. The van der Waals surface area contributed by atoms with Gasteiger partial charge in [0.05, 0.1) is 0 Å². The minimum absolute atomic E-state index is 0.966. The quantitative estimate of drug-likeness (QED) is 0.705. The third-order valence-electron chi connectivity index (χ3n) is 2.39. The zero-order valence-electron chi connectivity index (χ0n) is 8.60. The van der Waals surface area contributed by atoms with Gasteiger partial charge in [0.1, 0.15) is 7.80 Å². The molecule has 2 heteroatoms. The Bertz CT molecular complexity index is 477. The molecule has 2 aromatic rings. The molecule has 76 valence electrons. The molecule has 0 aliphatic rings. The van der Waals surface area contributed by atoms with Gasteiger partial charge in [-0.3, -0.25) is 0 Å². The highest BCUT2D eigenvalue weighted by Gasteiger charge is 2.05. The fraction of sp³-hybridized carbons (Fsp3) is 0.0769. The number of hydrogen-bond acceptors (Lipinski definition) is 1. The molecule has 0 aliphatic heterocycles. The number of hydrogen-bond donors (Lipinski definition) is 0. The van der Waals surface area contributed by atoms with Crippen LogP contribution in [0.2, 0.25) is 0 Å². The molecule has 0 saturated heterocycles. The molecular formula is C13H13OP. The summed E-state index contributed by atoms with van der Waals surface area (Å²) in [4.78, 5) is 0. The van der Waals surface area contributed by atoms with E-state index in [4.69, 9.17) is 0 Å². The topological polar surface area (TPSA) is 17.1 Å². The van der Waals surface area contributed by atoms with Crippen molar-refractivity contribution < 1.29 is 4.57 Å². The van der Waals surface area contributed by atoms with E-state index in [2.05, 4.69) is 0 Å². The van der Waals surface area contributed by atoms with E-state index in [1.807, 2.05) is 54.6 Å². The van der Waals surface area contributed by atoms with Crippen LogP contribution in [0.5, 0.6) is 0 Å². The lowest BCUT2D eigenvalue weighted by Crippen LogP contribution is -1.99. The van der Waals surface area contributed by atoms with E-state index in [1.54, 1.807) is 6.66 Å². The van der Waals surface area contributed by atoms with Crippen molar-refractivity contribution in [3.8, 4) is 11.1 Å². The highest BCUT2D eigenvalue weighted by molar-refractivity contribution is 7.53. The van der Waals surface area contributed by atoms with E-state index < -0.39 is 7.80 Å². The Morgan fingerprint density at radius 2 is 1.47 bits per heavy atom. The molecule has 0 bridgehead atoms. The van der Waals surface area contributed by atoms with E-state index in [0.29, 0.717) is 0 Å². The van der Waals surface area contributed by atoms with Crippen molar-refractivity contribution in [1.29, 1.82) is 0 Å². The second-order valence-corrected chi connectivity index (χ2v) is 5.12. The lowest BCUT2D eigenvalue weighted by Gasteiger charge is -2.06. The van der Waals surface area contributed by atoms with Crippen LogP contribution in [0.1, 0.15) is 0 Å². The standard InChI is InChI=1S/C13H13OP/c1-15(14)13-10-6-5-9-12(13)11-7-3-2-4-8-11/h2-10,15H,1H3. The van der Waals surface area contributed by atoms with Gasteiger partial charge in [0.2, 0.25) is 0 Å². The molecule has 0 amide bonds. The van der Waals surface area contributed by atoms with Crippen molar-refractivity contribution in [2.45, 2.75) is 0 Å². The van der Waals surface area contributed by atoms with E-state index in [-0.39, 0.29) is 0 Å². The van der Waals surface area contributed by atoms with Gasteiger partial charge < -0.3 is 4.57 Å². The summed E-state index contributed by atoms with van der Waals surface area (Å²) >= 11 is 0. The summed E-state index contributed by atoms with van der Waals surface area (Å²) in [6, 6.07) is 18.0. The van der Waals surface area contributed by atoms with E-state index in [1.165, 1.54) is 0 Å². The first-order valence-corrected chi connectivity index (χ1v) is 6.85. The van der Waals surface area contributed by atoms with Crippen LogP contribution < -0.4 is 5.30 Å². The summed E-state index contributed by atoms with van der Waals surface area (Å²) in [6.45, 7) is 1.78. The van der Waals surface area contributed by atoms with E-state index >= 15 is 0 Å². The highest BCUT2D eigenvalue weighted by atomic mass is 31.1. The fourth-order valence-electron chi connectivity index (χ4n) is 1.66. The van der Waals surface area contributed by atoms with Gasteiger partial charge in [-0.25, -0.2) is 0 Å². The minimum atomic E-state index is -1.64. The second-order valence-electron chi connectivity index (χ2n) is 3.47. The monoisotopic (exact) mass is 216 g/mol. The van der Waals surface area contributed by atoms with Crippen LogP contribution in [0.3, 0.4) is 0 Å². The molecule has 1 unspecified atom stereocenters. The summed E-state index contributed by atoms with van der Waals surface area (Å²) in [6.07, 6.45) is 0. The lowest BCUT2D eigenvalue weighted by atomic mass is 10.1.